The zero-order chi connectivity index (χ0) is 17.0. The molecular weight excluding hydrogens is 292 g/mol. The molecule has 122 valence electrons. The summed E-state index contributed by atoms with van der Waals surface area (Å²) in [6, 6.07) is 7.84. The summed E-state index contributed by atoms with van der Waals surface area (Å²) in [6.45, 7) is 5.86. The van der Waals surface area contributed by atoms with Gasteiger partial charge in [-0.25, -0.2) is 4.99 Å². The second kappa shape index (κ2) is 7.11. The van der Waals surface area contributed by atoms with Gasteiger partial charge in [0.05, 0.1) is 12.0 Å². The number of anilines is 1. The summed E-state index contributed by atoms with van der Waals surface area (Å²) in [7, 11) is 0. The van der Waals surface area contributed by atoms with Gasteiger partial charge in [-0.1, -0.05) is 17.7 Å². The Morgan fingerprint density at radius 3 is 2.83 bits per heavy atom. The molecule has 1 aromatic rings. The van der Waals surface area contributed by atoms with Gasteiger partial charge < -0.3 is 16.4 Å². The molecule has 7 nitrogen and oxygen atoms in total. The van der Waals surface area contributed by atoms with Gasteiger partial charge in [0, 0.05) is 18.2 Å². The van der Waals surface area contributed by atoms with Gasteiger partial charge in [0.1, 0.15) is 0 Å². The van der Waals surface area contributed by atoms with Gasteiger partial charge in [0.15, 0.2) is 12.2 Å². The molecule has 1 aliphatic heterocycles. The van der Waals surface area contributed by atoms with Crippen LogP contribution in [0.15, 0.2) is 23.2 Å². The summed E-state index contributed by atoms with van der Waals surface area (Å²) in [5, 5.41) is 17.6. The number of hydrogen-bond acceptors (Lipinski definition) is 4. The fourth-order valence-corrected chi connectivity index (χ4v) is 2.58. The lowest BCUT2D eigenvalue weighted by Gasteiger charge is -2.32. The summed E-state index contributed by atoms with van der Waals surface area (Å²) in [5.41, 5.74) is 9.02. The number of carbonyl (C=O) groups is 1. The molecule has 1 fully saturated rings. The molecule has 1 heterocycles. The maximum atomic E-state index is 12.0. The number of amides is 1. The van der Waals surface area contributed by atoms with Crippen LogP contribution in [0.3, 0.4) is 0 Å². The number of benzene rings is 1. The van der Waals surface area contributed by atoms with Gasteiger partial charge in [-0.15, -0.1) is 0 Å². The van der Waals surface area contributed by atoms with Crippen molar-refractivity contribution in [1.82, 2.24) is 10.6 Å². The summed E-state index contributed by atoms with van der Waals surface area (Å²) >= 11 is 0. The number of nitrogens with zero attached hydrogens (tertiary/aromatic N) is 2. The minimum atomic E-state index is -0.606. The SMILES string of the molecule is Cc1ccc(N/C(N)=N/C2NC(=O)C(CC#N)C(C)N2)c(C)c1. The van der Waals surface area contributed by atoms with Crippen molar-refractivity contribution < 1.29 is 4.79 Å². The summed E-state index contributed by atoms with van der Waals surface area (Å²) in [4.78, 5) is 16.3. The van der Waals surface area contributed by atoms with E-state index in [1.807, 2.05) is 45.0 Å². The highest BCUT2D eigenvalue weighted by molar-refractivity contribution is 5.93. The second-order valence-corrected chi connectivity index (χ2v) is 5.79. The van der Waals surface area contributed by atoms with Gasteiger partial charge in [-0.3, -0.25) is 10.1 Å². The van der Waals surface area contributed by atoms with Crippen LogP contribution in [0.4, 0.5) is 5.69 Å². The molecular formula is C16H22N6O. The van der Waals surface area contributed by atoms with Crippen molar-refractivity contribution in [2.24, 2.45) is 16.6 Å². The van der Waals surface area contributed by atoms with E-state index in [1.165, 1.54) is 5.56 Å². The van der Waals surface area contributed by atoms with Gasteiger partial charge in [0.2, 0.25) is 5.91 Å². The molecule has 1 amide bonds. The lowest BCUT2D eigenvalue weighted by molar-refractivity contribution is -0.129. The first-order valence-corrected chi connectivity index (χ1v) is 7.51. The Morgan fingerprint density at radius 2 is 2.22 bits per heavy atom. The number of nitriles is 1. The van der Waals surface area contributed by atoms with E-state index in [-0.39, 0.29) is 30.2 Å². The number of aryl methyl sites for hydroxylation is 2. The zero-order valence-electron chi connectivity index (χ0n) is 13.6. The van der Waals surface area contributed by atoms with Gasteiger partial charge in [-0.2, -0.15) is 5.26 Å². The minimum absolute atomic E-state index is 0.147. The summed E-state index contributed by atoms with van der Waals surface area (Å²) in [6.07, 6.45) is -0.432. The fourth-order valence-electron chi connectivity index (χ4n) is 2.58. The number of aliphatic imine (C=N–C) groups is 1. The average Bonchev–Trinajstić information content (AvgIpc) is 2.46. The van der Waals surface area contributed by atoms with Crippen LogP contribution >= 0.6 is 0 Å². The third-order valence-corrected chi connectivity index (χ3v) is 3.86. The molecule has 5 N–H and O–H groups in total. The quantitative estimate of drug-likeness (QED) is 0.490. The highest BCUT2D eigenvalue weighted by atomic mass is 16.2. The highest BCUT2D eigenvalue weighted by Gasteiger charge is 2.33. The Balaban J connectivity index is 2.04. The Labute approximate surface area is 136 Å². The zero-order valence-corrected chi connectivity index (χ0v) is 13.6. The molecule has 1 aromatic carbocycles. The topological polar surface area (TPSA) is 115 Å². The number of rotatable bonds is 3. The molecule has 2 rings (SSSR count). The van der Waals surface area contributed by atoms with E-state index in [4.69, 9.17) is 11.0 Å². The predicted octanol–water partition coefficient (Wildman–Crippen LogP) is 0.951. The smallest absolute Gasteiger partial charge is 0.228 e. The normalized spacial score (nSPS) is 24.7. The summed E-state index contributed by atoms with van der Waals surface area (Å²) in [5.74, 6) is -0.355. The van der Waals surface area contributed by atoms with Crippen LogP contribution in [0, 0.1) is 31.1 Å². The molecule has 1 saturated heterocycles. The van der Waals surface area contributed by atoms with Gasteiger partial charge in [-0.05, 0) is 32.4 Å². The Morgan fingerprint density at radius 1 is 1.48 bits per heavy atom. The largest absolute Gasteiger partial charge is 0.370 e. The molecule has 0 spiro atoms. The van der Waals surface area contributed by atoms with Crippen LogP contribution in [-0.4, -0.2) is 24.2 Å². The number of nitrogens with one attached hydrogen (secondary N) is 3. The Hall–Kier alpha value is -2.59. The number of nitrogens with two attached hydrogens (primary N) is 1. The molecule has 1 aliphatic rings. The van der Waals surface area contributed by atoms with Crippen molar-refractivity contribution in [3.05, 3.63) is 29.3 Å². The van der Waals surface area contributed by atoms with Crippen molar-refractivity contribution >= 4 is 17.6 Å². The lowest BCUT2D eigenvalue weighted by Crippen LogP contribution is -2.60. The molecule has 23 heavy (non-hydrogen) atoms. The third kappa shape index (κ3) is 4.20. The average molecular weight is 314 g/mol. The van der Waals surface area contributed by atoms with Crippen molar-refractivity contribution in [2.75, 3.05) is 5.32 Å². The lowest BCUT2D eigenvalue weighted by atomic mass is 9.95. The van der Waals surface area contributed by atoms with E-state index in [0.717, 1.165) is 11.3 Å². The van der Waals surface area contributed by atoms with Crippen molar-refractivity contribution in [1.29, 1.82) is 5.26 Å². The van der Waals surface area contributed by atoms with E-state index >= 15 is 0 Å². The second-order valence-electron chi connectivity index (χ2n) is 5.79. The number of guanidine groups is 1. The molecule has 3 unspecified atom stereocenters. The van der Waals surface area contributed by atoms with Gasteiger partial charge >= 0.3 is 0 Å². The molecule has 7 heteroatoms. The molecule has 0 bridgehead atoms. The third-order valence-electron chi connectivity index (χ3n) is 3.86. The van der Waals surface area contributed by atoms with E-state index in [9.17, 15) is 4.79 Å². The molecule has 0 saturated carbocycles. The van der Waals surface area contributed by atoms with Crippen LogP contribution in [0.2, 0.25) is 0 Å². The van der Waals surface area contributed by atoms with Crippen molar-refractivity contribution in [2.45, 2.75) is 39.5 Å². The first-order valence-electron chi connectivity index (χ1n) is 7.51. The monoisotopic (exact) mass is 314 g/mol. The minimum Gasteiger partial charge on any atom is -0.370 e. The van der Waals surface area contributed by atoms with Crippen molar-refractivity contribution in [3.63, 3.8) is 0 Å². The van der Waals surface area contributed by atoms with Crippen LogP contribution in [0.25, 0.3) is 0 Å². The van der Waals surface area contributed by atoms with Gasteiger partial charge in [0.25, 0.3) is 0 Å². The van der Waals surface area contributed by atoms with Crippen LogP contribution in [0.5, 0.6) is 0 Å². The number of carbonyl (C=O) groups excluding carboxylic acids is 1. The summed E-state index contributed by atoms with van der Waals surface area (Å²) < 4.78 is 0. The van der Waals surface area contributed by atoms with Crippen molar-refractivity contribution in [3.8, 4) is 6.07 Å². The Kier molecular flexibility index (Phi) is 5.19. The van der Waals surface area contributed by atoms with E-state index in [0.29, 0.717) is 0 Å². The molecule has 3 atom stereocenters. The van der Waals surface area contributed by atoms with E-state index in [1.54, 1.807) is 0 Å². The maximum absolute atomic E-state index is 12.0. The fraction of sp³-hybridized carbons (Fsp3) is 0.438. The van der Waals surface area contributed by atoms with Crippen LogP contribution in [-0.2, 0) is 4.79 Å². The van der Waals surface area contributed by atoms with Crippen LogP contribution in [0.1, 0.15) is 24.5 Å². The maximum Gasteiger partial charge on any atom is 0.228 e. The Bertz CT molecular complexity index is 663. The first-order chi connectivity index (χ1) is 10.9. The van der Waals surface area contributed by atoms with E-state index < -0.39 is 6.29 Å². The molecule has 0 aromatic heterocycles. The standard InChI is InChI=1S/C16H22N6O/c1-9-4-5-13(10(2)8-9)20-15(18)22-16-19-11(3)12(6-7-17)14(23)21-16/h4-5,8,11-12,16,19H,6H2,1-3H3,(H,21,23)(H3,18,20,22). The first kappa shape index (κ1) is 16.8. The number of hydrogen-bond donors (Lipinski definition) is 4. The molecule has 0 radical (unpaired) electrons. The van der Waals surface area contributed by atoms with E-state index in [2.05, 4.69) is 20.9 Å². The highest BCUT2D eigenvalue weighted by Crippen LogP contribution is 2.16. The van der Waals surface area contributed by atoms with Crippen LogP contribution < -0.4 is 21.7 Å². The predicted molar refractivity (Wildman–Crippen MR) is 89.4 cm³/mol. The molecule has 0 aliphatic carbocycles.